The number of carboxylic acids is 1. The Bertz CT molecular complexity index is 449. The second-order valence-electron chi connectivity index (χ2n) is 3.45. The van der Waals surface area contributed by atoms with E-state index in [0.717, 1.165) is 23.1 Å². The van der Waals surface area contributed by atoms with Crippen LogP contribution in [0.2, 0.25) is 0 Å². The summed E-state index contributed by atoms with van der Waals surface area (Å²) in [5, 5.41) is 18.3. The van der Waals surface area contributed by atoms with Gasteiger partial charge in [0.2, 0.25) is 0 Å². The SMILES string of the molecule is CCc1cc(C#N)c(CBr)cc1CC(=O)O. The van der Waals surface area contributed by atoms with E-state index in [1.165, 1.54) is 0 Å². The number of nitriles is 1. The molecule has 1 aromatic carbocycles. The van der Waals surface area contributed by atoms with Crippen LogP contribution in [-0.4, -0.2) is 11.1 Å². The van der Waals surface area contributed by atoms with Gasteiger partial charge in [-0.05, 0) is 29.2 Å². The van der Waals surface area contributed by atoms with Crippen molar-refractivity contribution in [1.82, 2.24) is 0 Å². The van der Waals surface area contributed by atoms with E-state index in [-0.39, 0.29) is 6.42 Å². The molecule has 0 aliphatic rings. The maximum atomic E-state index is 10.7. The maximum absolute atomic E-state index is 10.7. The van der Waals surface area contributed by atoms with Crippen LogP contribution in [0.25, 0.3) is 0 Å². The average Bonchev–Trinajstić information content (AvgIpc) is 2.27. The first-order valence-corrected chi connectivity index (χ1v) is 6.07. The van der Waals surface area contributed by atoms with Crippen molar-refractivity contribution >= 4 is 21.9 Å². The minimum atomic E-state index is -0.847. The third-order valence-electron chi connectivity index (χ3n) is 2.41. The summed E-state index contributed by atoms with van der Waals surface area (Å²) in [4.78, 5) is 10.7. The van der Waals surface area contributed by atoms with Crippen molar-refractivity contribution in [2.75, 3.05) is 0 Å². The fourth-order valence-corrected chi connectivity index (χ4v) is 2.08. The summed E-state index contributed by atoms with van der Waals surface area (Å²) in [7, 11) is 0. The first-order valence-electron chi connectivity index (χ1n) is 4.94. The molecule has 0 radical (unpaired) electrons. The minimum Gasteiger partial charge on any atom is -0.481 e. The number of alkyl halides is 1. The number of carboxylic acid groups (broad SMARTS) is 1. The summed E-state index contributed by atoms with van der Waals surface area (Å²) in [6, 6.07) is 5.72. The Morgan fingerprint density at radius 3 is 2.56 bits per heavy atom. The molecule has 0 spiro atoms. The molecule has 16 heavy (non-hydrogen) atoms. The third kappa shape index (κ3) is 2.83. The summed E-state index contributed by atoms with van der Waals surface area (Å²) < 4.78 is 0. The number of aliphatic carboxylic acids is 1. The normalized spacial score (nSPS) is 9.81. The lowest BCUT2D eigenvalue weighted by molar-refractivity contribution is -0.136. The van der Waals surface area contributed by atoms with Gasteiger partial charge in [-0.1, -0.05) is 28.9 Å². The molecule has 3 nitrogen and oxygen atoms in total. The molecule has 0 aromatic heterocycles. The van der Waals surface area contributed by atoms with Gasteiger partial charge < -0.3 is 5.11 Å². The number of nitrogens with zero attached hydrogens (tertiary/aromatic N) is 1. The first kappa shape index (κ1) is 12.7. The van der Waals surface area contributed by atoms with E-state index in [2.05, 4.69) is 22.0 Å². The van der Waals surface area contributed by atoms with Crippen molar-refractivity contribution in [3.8, 4) is 6.07 Å². The molecule has 0 amide bonds. The molecule has 0 heterocycles. The van der Waals surface area contributed by atoms with E-state index in [1.54, 1.807) is 12.1 Å². The zero-order valence-corrected chi connectivity index (χ0v) is 10.5. The monoisotopic (exact) mass is 281 g/mol. The summed E-state index contributed by atoms with van der Waals surface area (Å²) in [6.45, 7) is 1.95. The molecule has 0 saturated heterocycles. The molecule has 0 unspecified atom stereocenters. The maximum Gasteiger partial charge on any atom is 0.307 e. The molecule has 1 rings (SSSR count). The molecule has 0 fully saturated rings. The van der Waals surface area contributed by atoms with Gasteiger partial charge in [0.25, 0.3) is 0 Å². The third-order valence-corrected chi connectivity index (χ3v) is 3.02. The Kier molecular flexibility index (Phi) is 4.51. The quantitative estimate of drug-likeness (QED) is 0.863. The number of hydrogen-bond donors (Lipinski definition) is 1. The van der Waals surface area contributed by atoms with Crippen LogP contribution in [0.1, 0.15) is 29.2 Å². The van der Waals surface area contributed by atoms with Crippen LogP contribution in [0.15, 0.2) is 12.1 Å². The van der Waals surface area contributed by atoms with Crippen LogP contribution in [0.5, 0.6) is 0 Å². The Morgan fingerprint density at radius 1 is 1.44 bits per heavy atom. The molecular weight excluding hydrogens is 270 g/mol. The van der Waals surface area contributed by atoms with E-state index in [1.807, 2.05) is 6.92 Å². The molecule has 1 N–H and O–H groups in total. The van der Waals surface area contributed by atoms with Gasteiger partial charge in [0.15, 0.2) is 0 Å². The predicted molar refractivity (Wildman–Crippen MR) is 64.5 cm³/mol. The van der Waals surface area contributed by atoms with Gasteiger partial charge in [-0.15, -0.1) is 0 Å². The molecular formula is C12H12BrNO2. The van der Waals surface area contributed by atoms with E-state index >= 15 is 0 Å². The molecule has 4 heteroatoms. The molecule has 0 aliphatic heterocycles. The summed E-state index contributed by atoms with van der Waals surface area (Å²) in [5.41, 5.74) is 3.19. The van der Waals surface area contributed by atoms with Gasteiger partial charge in [-0.2, -0.15) is 5.26 Å². The fraction of sp³-hybridized carbons (Fsp3) is 0.333. The number of carbonyl (C=O) groups is 1. The van der Waals surface area contributed by atoms with E-state index in [4.69, 9.17) is 10.4 Å². The number of benzene rings is 1. The number of aryl methyl sites for hydroxylation is 1. The number of hydrogen-bond acceptors (Lipinski definition) is 2. The fourth-order valence-electron chi connectivity index (χ4n) is 1.61. The Balaban J connectivity index is 3.27. The minimum absolute atomic E-state index is 0.00881. The van der Waals surface area contributed by atoms with Gasteiger partial charge in [-0.25, -0.2) is 0 Å². The highest BCUT2D eigenvalue weighted by Gasteiger charge is 2.10. The van der Waals surface area contributed by atoms with Crippen LogP contribution in [-0.2, 0) is 23.0 Å². The average molecular weight is 282 g/mol. The van der Waals surface area contributed by atoms with Crippen LogP contribution >= 0.6 is 15.9 Å². The standard InChI is InChI=1S/C12H12BrNO2/c1-2-8-3-11(7-14)10(6-13)4-9(8)5-12(15)16/h3-4H,2,5-6H2,1H3,(H,15,16). The first-order chi connectivity index (χ1) is 7.62. The van der Waals surface area contributed by atoms with Crippen molar-refractivity contribution in [3.05, 3.63) is 34.4 Å². The lowest BCUT2D eigenvalue weighted by Crippen LogP contribution is -2.05. The zero-order chi connectivity index (χ0) is 12.1. The highest BCUT2D eigenvalue weighted by molar-refractivity contribution is 9.08. The molecule has 0 atom stereocenters. The highest BCUT2D eigenvalue weighted by atomic mass is 79.9. The molecule has 0 saturated carbocycles. The van der Waals surface area contributed by atoms with Crippen molar-refractivity contribution < 1.29 is 9.90 Å². The van der Waals surface area contributed by atoms with E-state index in [0.29, 0.717) is 10.9 Å². The summed E-state index contributed by atoms with van der Waals surface area (Å²) in [5.74, 6) is -0.847. The second-order valence-corrected chi connectivity index (χ2v) is 4.01. The molecule has 0 bridgehead atoms. The topological polar surface area (TPSA) is 61.1 Å². The van der Waals surface area contributed by atoms with Gasteiger partial charge in [0.05, 0.1) is 18.1 Å². The molecule has 1 aromatic rings. The van der Waals surface area contributed by atoms with Gasteiger partial charge in [-0.3, -0.25) is 4.79 Å². The largest absolute Gasteiger partial charge is 0.481 e. The molecule has 0 aliphatic carbocycles. The Hall–Kier alpha value is -1.34. The smallest absolute Gasteiger partial charge is 0.307 e. The number of halogens is 1. The van der Waals surface area contributed by atoms with Crippen molar-refractivity contribution in [1.29, 1.82) is 5.26 Å². The van der Waals surface area contributed by atoms with Crippen LogP contribution in [0.3, 0.4) is 0 Å². The van der Waals surface area contributed by atoms with Crippen LogP contribution in [0.4, 0.5) is 0 Å². The van der Waals surface area contributed by atoms with Gasteiger partial charge in [0.1, 0.15) is 0 Å². The van der Waals surface area contributed by atoms with Crippen molar-refractivity contribution in [2.24, 2.45) is 0 Å². The molecule has 84 valence electrons. The van der Waals surface area contributed by atoms with Gasteiger partial charge >= 0.3 is 5.97 Å². The van der Waals surface area contributed by atoms with Crippen molar-refractivity contribution in [2.45, 2.75) is 25.1 Å². The lowest BCUT2D eigenvalue weighted by Gasteiger charge is -2.09. The Morgan fingerprint density at radius 2 is 2.12 bits per heavy atom. The Labute approximate surface area is 103 Å². The highest BCUT2D eigenvalue weighted by Crippen LogP contribution is 2.20. The van der Waals surface area contributed by atoms with Crippen molar-refractivity contribution in [3.63, 3.8) is 0 Å². The summed E-state index contributed by atoms with van der Waals surface area (Å²) >= 11 is 3.30. The summed E-state index contributed by atoms with van der Waals surface area (Å²) in [6.07, 6.45) is 0.745. The lowest BCUT2D eigenvalue weighted by atomic mass is 9.96. The van der Waals surface area contributed by atoms with E-state index < -0.39 is 5.97 Å². The zero-order valence-electron chi connectivity index (χ0n) is 8.96. The van der Waals surface area contributed by atoms with Crippen LogP contribution < -0.4 is 0 Å². The van der Waals surface area contributed by atoms with Gasteiger partial charge in [0, 0.05) is 5.33 Å². The van der Waals surface area contributed by atoms with E-state index in [9.17, 15) is 4.79 Å². The second kappa shape index (κ2) is 5.66. The number of rotatable bonds is 4. The predicted octanol–water partition coefficient (Wildman–Crippen LogP) is 2.64. The van der Waals surface area contributed by atoms with Crippen LogP contribution in [0, 0.1) is 11.3 Å².